The molecular formula is C14H19N3O4. The zero-order valence-electron chi connectivity index (χ0n) is 12.2. The summed E-state index contributed by atoms with van der Waals surface area (Å²) in [4.78, 5) is 24.1. The van der Waals surface area contributed by atoms with Gasteiger partial charge in [-0.15, -0.1) is 0 Å². The number of carbonyl (C=O) groups is 1. The van der Waals surface area contributed by atoms with Crippen molar-refractivity contribution < 1.29 is 14.5 Å². The van der Waals surface area contributed by atoms with Gasteiger partial charge in [0.2, 0.25) is 0 Å². The van der Waals surface area contributed by atoms with E-state index in [0.29, 0.717) is 18.8 Å². The number of ether oxygens (including phenoxy) is 1. The van der Waals surface area contributed by atoms with Crippen LogP contribution in [0.5, 0.6) is 0 Å². The van der Waals surface area contributed by atoms with E-state index in [2.05, 4.69) is 10.2 Å². The van der Waals surface area contributed by atoms with Gasteiger partial charge in [-0.25, -0.2) is 0 Å². The number of methoxy groups -OCH3 is 1. The van der Waals surface area contributed by atoms with Crippen LogP contribution in [0.3, 0.4) is 0 Å². The summed E-state index contributed by atoms with van der Waals surface area (Å²) in [6, 6.07) is 5.04. The fourth-order valence-corrected chi connectivity index (χ4v) is 2.63. The van der Waals surface area contributed by atoms with E-state index in [9.17, 15) is 14.9 Å². The van der Waals surface area contributed by atoms with Crippen LogP contribution >= 0.6 is 0 Å². The highest BCUT2D eigenvalue weighted by Gasteiger charge is 2.29. The van der Waals surface area contributed by atoms with Gasteiger partial charge in [-0.05, 0) is 24.6 Å². The molecule has 0 bridgehead atoms. The highest BCUT2D eigenvalue weighted by molar-refractivity contribution is 5.72. The molecule has 0 amide bonds. The summed E-state index contributed by atoms with van der Waals surface area (Å²) >= 11 is 0. The van der Waals surface area contributed by atoms with Crippen LogP contribution in [-0.2, 0) is 16.1 Å². The molecule has 1 aliphatic heterocycles. The summed E-state index contributed by atoms with van der Waals surface area (Å²) in [5.41, 5.74) is 1.55. The Bertz CT molecular complexity index is 547. The number of nitro benzene ring substituents is 1. The second-order valence-corrected chi connectivity index (χ2v) is 5.10. The lowest BCUT2D eigenvalue weighted by Gasteiger charge is -2.16. The smallest absolute Gasteiger partial charge is 0.310 e. The van der Waals surface area contributed by atoms with Crippen molar-refractivity contribution in [1.29, 1.82) is 0 Å². The van der Waals surface area contributed by atoms with Crippen LogP contribution in [0.25, 0.3) is 0 Å². The van der Waals surface area contributed by atoms with Gasteiger partial charge >= 0.3 is 5.97 Å². The minimum atomic E-state index is -0.404. The first-order valence-corrected chi connectivity index (χ1v) is 6.80. The lowest BCUT2D eigenvalue weighted by atomic mass is 10.1. The Morgan fingerprint density at radius 1 is 1.57 bits per heavy atom. The number of nitrogens with one attached hydrogen (secondary N) is 1. The third-order valence-corrected chi connectivity index (χ3v) is 3.74. The molecule has 0 aliphatic carbocycles. The second kappa shape index (κ2) is 6.53. The number of esters is 1. The standard InChI is InChI=1S/C14H19N3O4/c1-15-12-7-10(3-4-13(12)17(19)20)8-16-6-5-11(9-16)14(18)21-2/h3-4,7,11,15H,5-6,8-9H2,1-2H3. The van der Waals surface area contributed by atoms with Crippen LogP contribution < -0.4 is 5.32 Å². The number of benzene rings is 1. The Kier molecular flexibility index (Phi) is 4.74. The number of nitrogens with zero attached hydrogens (tertiary/aromatic N) is 2. The van der Waals surface area contributed by atoms with Gasteiger partial charge in [-0.1, -0.05) is 6.07 Å². The first-order valence-electron chi connectivity index (χ1n) is 6.80. The molecule has 1 saturated heterocycles. The van der Waals surface area contributed by atoms with Crippen molar-refractivity contribution in [1.82, 2.24) is 4.90 Å². The molecule has 7 nitrogen and oxygen atoms in total. The predicted octanol–water partition coefficient (Wildman–Crippen LogP) is 1.63. The van der Waals surface area contributed by atoms with Crippen LogP contribution in [0.4, 0.5) is 11.4 Å². The SMILES string of the molecule is CNc1cc(CN2CCC(C(=O)OC)C2)ccc1[N+](=O)[O-]. The van der Waals surface area contributed by atoms with Crippen LogP contribution in [0, 0.1) is 16.0 Å². The second-order valence-electron chi connectivity index (χ2n) is 5.10. The van der Waals surface area contributed by atoms with Crippen LogP contribution in [0.1, 0.15) is 12.0 Å². The number of hydrogen-bond donors (Lipinski definition) is 1. The zero-order chi connectivity index (χ0) is 15.4. The highest BCUT2D eigenvalue weighted by atomic mass is 16.6. The molecule has 1 aromatic rings. The van der Waals surface area contributed by atoms with Gasteiger partial charge < -0.3 is 10.1 Å². The molecule has 7 heteroatoms. The number of nitro groups is 1. The molecule has 21 heavy (non-hydrogen) atoms. The maximum Gasteiger partial charge on any atom is 0.310 e. The topological polar surface area (TPSA) is 84.7 Å². The third kappa shape index (κ3) is 3.49. The van der Waals surface area contributed by atoms with Gasteiger partial charge in [0.05, 0.1) is 18.0 Å². The summed E-state index contributed by atoms with van der Waals surface area (Å²) in [6.45, 7) is 2.16. The van der Waals surface area contributed by atoms with E-state index in [-0.39, 0.29) is 17.6 Å². The molecule has 1 unspecified atom stereocenters. The highest BCUT2D eigenvalue weighted by Crippen LogP contribution is 2.27. The molecule has 1 heterocycles. The van der Waals surface area contributed by atoms with E-state index >= 15 is 0 Å². The molecule has 1 atom stereocenters. The summed E-state index contributed by atoms with van der Waals surface area (Å²) in [5, 5.41) is 13.7. The van der Waals surface area contributed by atoms with Crippen molar-refractivity contribution in [2.45, 2.75) is 13.0 Å². The molecule has 2 rings (SSSR count). The van der Waals surface area contributed by atoms with Crippen LogP contribution in [0.2, 0.25) is 0 Å². The minimum absolute atomic E-state index is 0.0649. The van der Waals surface area contributed by atoms with Gasteiger partial charge in [0, 0.05) is 26.2 Å². The first-order chi connectivity index (χ1) is 10.0. The Morgan fingerprint density at radius 3 is 2.95 bits per heavy atom. The van der Waals surface area contributed by atoms with Gasteiger partial charge in [0.1, 0.15) is 5.69 Å². The Morgan fingerprint density at radius 2 is 2.33 bits per heavy atom. The lowest BCUT2D eigenvalue weighted by Crippen LogP contribution is -2.23. The van der Waals surface area contributed by atoms with Crippen molar-refractivity contribution in [2.75, 3.05) is 32.6 Å². The van der Waals surface area contributed by atoms with E-state index in [1.165, 1.54) is 13.2 Å². The molecule has 0 radical (unpaired) electrons. The van der Waals surface area contributed by atoms with E-state index in [4.69, 9.17) is 4.74 Å². The molecule has 1 aromatic carbocycles. The van der Waals surface area contributed by atoms with E-state index in [1.54, 1.807) is 19.2 Å². The largest absolute Gasteiger partial charge is 0.469 e. The molecular weight excluding hydrogens is 274 g/mol. The van der Waals surface area contributed by atoms with Gasteiger partial charge in [-0.3, -0.25) is 19.8 Å². The van der Waals surface area contributed by atoms with Crippen molar-refractivity contribution in [3.8, 4) is 0 Å². The van der Waals surface area contributed by atoms with Gasteiger partial charge in [-0.2, -0.15) is 0 Å². The van der Waals surface area contributed by atoms with Crippen molar-refractivity contribution in [3.05, 3.63) is 33.9 Å². The summed E-state index contributed by atoms with van der Waals surface area (Å²) in [7, 11) is 3.07. The normalized spacial score (nSPS) is 18.5. The molecule has 0 spiro atoms. The summed E-state index contributed by atoms with van der Waals surface area (Å²) in [6.07, 6.45) is 0.790. The average Bonchev–Trinajstić information content (AvgIpc) is 2.94. The molecule has 0 saturated carbocycles. The third-order valence-electron chi connectivity index (χ3n) is 3.74. The Balaban J connectivity index is 2.04. The van der Waals surface area contributed by atoms with Crippen molar-refractivity contribution >= 4 is 17.3 Å². The van der Waals surface area contributed by atoms with Crippen LogP contribution in [0.15, 0.2) is 18.2 Å². The van der Waals surface area contributed by atoms with Crippen molar-refractivity contribution in [2.24, 2.45) is 5.92 Å². The maximum absolute atomic E-state index is 11.5. The van der Waals surface area contributed by atoms with Crippen molar-refractivity contribution in [3.63, 3.8) is 0 Å². The summed E-state index contributed by atoms with van der Waals surface area (Å²) in [5.74, 6) is -0.242. The molecule has 1 fully saturated rings. The number of rotatable bonds is 5. The molecule has 1 aliphatic rings. The monoisotopic (exact) mass is 293 g/mol. The number of carbonyl (C=O) groups excluding carboxylic acids is 1. The first kappa shape index (κ1) is 15.2. The number of hydrogen-bond acceptors (Lipinski definition) is 6. The van der Waals surface area contributed by atoms with Crippen LogP contribution in [-0.4, -0.2) is 43.0 Å². The fourth-order valence-electron chi connectivity index (χ4n) is 2.63. The minimum Gasteiger partial charge on any atom is -0.469 e. The Hall–Kier alpha value is -2.15. The predicted molar refractivity (Wildman–Crippen MR) is 78.0 cm³/mol. The number of anilines is 1. The fraction of sp³-hybridized carbons (Fsp3) is 0.500. The maximum atomic E-state index is 11.5. The summed E-state index contributed by atoms with van der Waals surface area (Å²) < 4.78 is 4.76. The molecule has 0 aromatic heterocycles. The zero-order valence-corrected chi connectivity index (χ0v) is 12.2. The average molecular weight is 293 g/mol. The Labute approximate surface area is 123 Å². The number of likely N-dealkylation sites (tertiary alicyclic amines) is 1. The van der Waals surface area contributed by atoms with E-state index < -0.39 is 4.92 Å². The van der Waals surface area contributed by atoms with Gasteiger partial charge in [0.25, 0.3) is 5.69 Å². The molecule has 114 valence electrons. The lowest BCUT2D eigenvalue weighted by molar-refractivity contribution is -0.384. The quantitative estimate of drug-likeness (QED) is 0.504. The van der Waals surface area contributed by atoms with Gasteiger partial charge in [0.15, 0.2) is 0 Å². The van der Waals surface area contributed by atoms with E-state index in [0.717, 1.165) is 18.5 Å². The molecule has 1 N–H and O–H groups in total. The van der Waals surface area contributed by atoms with E-state index in [1.807, 2.05) is 0 Å².